The highest BCUT2D eigenvalue weighted by Gasteiger charge is 2.16. The Bertz CT molecular complexity index is 1210. The number of benzene rings is 2. The number of aromatic nitrogens is 2. The lowest BCUT2D eigenvalue weighted by molar-refractivity contribution is 0.601. The number of hydrogen-bond acceptors (Lipinski definition) is 4. The van der Waals surface area contributed by atoms with Gasteiger partial charge in [0.15, 0.2) is 0 Å². The molecular weight excluding hydrogens is 382 g/mol. The zero-order valence-corrected chi connectivity index (χ0v) is 15.6. The highest BCUT2D eigenvalue weighted by Crippen LogP contribution is 2.27. The van der Waals surface area contributed by atoms with E-state index in [2.05, 4.69) is 14.7 Å². The maximum atomic E-state index is 12.7. The molecule has 0 saturated carbocycles. The Labute approximate surface area is 161 Å². The molecule has 0 aliphatic rings. The number of nitrogens with one attached hydrogen (secondary N) is 1. The minimum Gasteiger partial charge on any atom is -0.277 e. The van der Waals surface area contributed by atoms with Gasteiger partial charge in [-0.15, -0.1) is 0 Å². The number of sulfonamides is 1. The average Bonchev–Trinajstić information content (AvgIpc) is 2.69. The van der Waals surface area contributed by atoms with Crippen molar-refractivity contribution in [2.24, 2.45) is 0 Å². The maximum absolute atomic E-state index is 12.7. The lowest BCUT2D eigenvalue weighted by Crippen LogP contribution is -2.13. The number of hydrogen-bond donors (Lipinski definition) is 1. The first-order valence-corrected chi connectivity index (χ1v) is 9.99. The molecule has 0 unspecified atom stereocenters. The van der Waals surface area contributed by atoms with Crippen LogP contribution in [0.1, 0.15) is 0 Å². The van der Waals surface area contributed by atoms with Crippen molar-refractivity contribution in [1.82, 2.24) is 9.97 Å². The summed E-state index contributed by atoms with van der Waals surface area (Å²) in [6, 6.07) is 20.7. The smallest absolute Gasteiger partial charge is 0.261 e. The summed E-state index contributed by atoms with van der Waals surface area (Å²) in [5.41, 5.74) is 2.34. The largest absolute Gasteiger partial charge is 0.277 e. The van der Waals surface area contributed by atoms with Crippen LogP contribution in [-0.2, 0) is 10.0 Å². The third kappa shape index (κ3) is 3.63. The molecule has 4 rings (SSSR count). The summed E-state index contributed by atoms with van der Waals surface area (Å²) in [5, 5.41) is 1.30. The van der Waals surface area contributed by atoms with Gasteiger partial charge in [-0.3, -0.25) is 9.71 Å². The summed E-state index contributed by atoms with van der Waals surface area (Å²) in [6.07, 6.45) is 1.69. The molecule has 0 radical (unpaired) electrons. The Balaban J connectivity index is 1.78. The molecular formula is C20H14ClN3O2S. The van der Waals surface area contributed by atoms with E-state index in [1.54, 1.807) is 18.3 Å². The van der Waals surface area contributed by atoms with Gasteiger partial charge in [-0.25, -0.2) is 13.4 Å². The van der Waals surface area contributed by atoms with E-state index in [0.29, 0.717) is 21.9 Å². The van der Waals surface area contributed by atoms with E-state index in [-0.39, 0.29) is 4.90 Å². The van der Waals surface area contributed by atoms with Crippen molar-refractivity contribution in [2.45, 2.75) is 4.90 Å². The van der Waals surface area contributed by atoms with Crippen molar-refractivity contribution in [3.8, 4) is 11.4 Å². The van der Waals surface area contributed by atoms with E-state index in [4.69, 9.17) is 11.6 Å². The predicted octanol–water partition coefficient (Wildman–Crippen LogP) is 4.75. The number of para-hydroxylation sites is 1. The van der Waals surface area contributed by atoms with Gasteiger partial charge in [0.1, 0.15) is 0 Å². The molecule has 0 aliphatic heterocycles. The number of rotatable bonds is 4. The topological polar surface area (TPSA) is 72.0 Å². The Morgan fingerprint density at radius 1 is 0.815 bits per heavy atom. The van der Waals surface area contributed by atoms with Crippen LogP contribution < -0.4 is 4.72 Å². The highest BCUT2D eigenvalue weighted by molar-refractivity contribution is 7.92. The van der Waals surface area contributed by atoms with E-state index < -0.39 is 10.0 Å². The van der Waals surface area contributed by atoms with Gasteiger partial charge in [-0.05, 0) is 48.5 Å². The van der Waals surface area contributed by atoms with Gasteiger partial charge < -0.3 is 0 Å². The minimum absolute atomic E-state index is 0.129. The second kappa shape index (κ2) is 6.98. The van der Waals surface area contributed by atoms with Crippen LogP contribution in [0.15, 0.2) is 83.9 Å². The van der Waals surface area contributed by atoms with E-state index in [9.17, 15) is 8.42 Å². The molecule has 27 heavy (non-hydrogen) atoms. The summed E-state index contributed by atoms with van der Waals surface area (Å²) in [4.78, 5) is 9.06. The quantitative estimate of drug-likeness (QED) is 0.541. The standard InChI is InChI=1S/C20H14ClN3O2S/c21-15-8-10-16(11-9-15)27(25,26)24-19-6-3-4-14-7-12-18(23-20(14)19)17-5-1-2-13-22-17/h1-13,24H. The van der Waals surface area contributed by atoms with Gasteiger partial charge in [0.2, 0.25) is 0 Å². The first kappa shape index (κ1) is 17.5. The molecule has 0 atom stereocenters. The molecule has 0 fully saturated rings. The van der Waals surface area contributed by atoms with E-state index in [1.807, 2.05) is 36.4 Å². The number of anilines is 1. The molecule has 134 valence electrons. The summed E-state index contributed by atoms with van der Waals surface area (Å²) in [5.74, 6) is 0. The SMILES string of the molecule is O=S(=O)(Nc1cccc2ccc(-c3ccccn3)nc12)c1ccc(Cl)cc1. The first-order chi connectivity index (χ1) is 13.0. The van der Waals surface area contributed by atoms with Crippen molar-refractivity contribution in [3.63, 3.8) is 0 Å². The maximum Gasteiger partial charge on any atom is 0.261 e. The Morgan fingerprint density at radius 2 is 1.63 bits per heavy atom. The van der Waals surface area contributed by atoms with Crippen LogP contribution in [0.5, 0.6) is 0 Å². The van der Waals surface area contributed by atoms with Crippen LogP contribution in [0.4, 0.5) is 5.69 Å². The van der Waals surface area contributed by atoms with E-state index in [0.717, 1.165) is 11.1 Å². The van der Waals surface area contributed by atoms with Crippen LogP contribution in [0.3, 0.4) is 0 Å². The molecule has 0 aliphatic carbocycles. The Hall–Kier alpha value is -2.96. The Morgan fingerprint density at radius 3 is 2.37 bits per heavy atom. The molecule has 1 N–H and O–H groups in total. The van der Waals surface area contributed by atoms with Gasteiger partial charge >= 0.3 is 0 Å². The van der Waals surface area contributed by atoms with Gasteiger partial charge in [0, 0.05) is 16.6 Å². The molecule has 0 spiro atoms. The normalized spacial score (nSPS) is 11.4. The van der Waals surface area contributed by atoms with Gasteiger partial charge in [0.25, 0.3) is 10.0 Å². The number of nitrogens with zero attached hydrogens (tertiary/aromatic N) is 2. The van der Waals surface area contributed by atoms with Crippen LogP contribution in [0, 0.1) is 0 Å². The molecule has 2 heterocycles. The first-order valence-electron chi connectivity index (χ1n) is 8.12. The van der Waals surface area contributed by atoms with Crippen LogP contribution >= 0.6 is 11.6 Å². The fourth-order valence-electron chi connectivity index (χ4n) is 2.70. The Kier molecular flexibility index (Phi) is 4.51. The van der Waals surface area contributed by atoms with Crippen LogP contribution in [-0.4, -0.2) is 18.4 Å². The molecule has 7 heteroatoms. The zero-order valence-electron chi connectivity index (χ0n) is 14.0. The van der Waals surface area contributed by atoms with Crippen molar-refractivity contribution < 1.29 is 8.42 Å². The third-order valence-electron chi connectivity index (χ3n) is 4.02. The number of fused-ring (bicyclic) bond motifs is 1. The van der Waals surface area contributed by atoms with Crippen molar-refractivity contribution in [2.75, 3.05) is 4.72 Å². The molecule has 5 nitrogen and oxygen atoms in total. The minimum atomic E-state index is -3.76. The number of pyridine rings is 2. The van der Waals surface area contributed by atoms with Crippen molar-refractivity contribution in [3.05, 3.63) is 84.0 Å². The predicted molar refractivity (Wildman–Crippen MR) is 107 cm³/mol. The summed E-state index contributed by atoms with van der Waals surface area (Å²) >= 11 is 5.84. The lowest BCUT2D eigenvalue weighted by atomic mass is 10.1. The number of halogens is 1. The molecule has 2 aromatic heterocycles. The summed E-state index contributed by atoms with van der Waals surface area (Å²) < 4.78 is 28.1. The second-order valence-corrected chi connectivity index (χ2v) is 7.97. The molecule has 0 bridgehead atoms. The van der Waals surface area contributed by atoms with Gasteiger partial charge in [-0.2, -0.15) is 0 Å². The van der Waals surface area contributed by atoms with Crippen molar-refractivity contribution in [1.29, 1.82) is 0 Å². The average molecular weight is 396 g/mol. The van der Waals surface area contributed by atoms with Gasteiger partial charge in [0.05, 0.1) is 27.5 Å². The molecule has 2 aromatic carbocycles. The molecule has 4 aromatic rings. The second-order valence-electron chi connectivity index (χ2n) is 5.85. The van der Waals surface area contributed by atoms with Crippen LogP contribution in [0.25, 0.3) is 22.3 Å². The molecule has 0 amide bonds. The van der Waals surface area contributed by atoms with Crippen molar-refractivity contribution >= 4 is 38.2 Å². The fraction of sp³-hybridized carbons (Fsp3) is 0. The van der Waals surface area contributed by atoms with Crippen LogP contribution in [0.2, 0.25) is 5.02 Å². The van der Waals surface area contributed by atoms with E-state index >= 15 is 0 Å². The fourth-order valence-corrected chi connectivity index (χ4v) is 3.90. The summed E-state index contributed by atoms with van der Waals surface area (Å²) in [7, 11) is -3.76. The highest BCUT2D eigenvalue weighted by atomic mass is 35.5. The van der Waals surface area contributed by atoms with E-state index in [1.165, 1.54) is 24.3 Å². The third-order valence-corrected chi connectivity index (χ3v) is 5.65. The zero-order chi connectivity index (χ0) is 18.9. The monoisotopic (exact) mass is 395 g/mol. The molecule has 0 saturated heterocycles. The van der Waals surface area contributed by atoms with Gasteiger partial charge in [-0.1, -0.05) is 35.9 Å². The lowest BCUT2D eigenvalue weighted by Gasteiger charge is -2.11. The summed E-state index contributed by atoms with van der Waals surface area (Å²) in [6.45, 7) is 0.